The Kier molecular flexibility index (Phi) is 8.30. The zero-order valence-corrected chi connectivity index (χ0v) is 24.5. The van der Waals surface area contributed by atoms with E-state index in [0.29, 0.717) is 19.5 Å². The van der Waals surface area contributed by atoms with Crippen molar-refractivity contribution in [2.75, 3.05) is 13.1 Å². The molecular formula is C26H48N2O5Si. The summed E-state index contributed by atoms with van der Waals surface area (Å²) in [5.41, 5.74) is -2.03. The SMILES string of the molecule is C=CC1CC([C@@]2(O[SiH](C)C)C[C@H](C(C)(C)C)CN2C(=O)OC(C)(C)C)CN1C(=O)OC(C)(C)C. The fraction of sp³-hybridized carbons (Fsp3) is 0.846. The largest absolute Gasteiger partial charge is 0.444 e. The Morgan fingerprint density at radius 2 is 1.47 bits per heavy atom. The molecule has 2 aliphatic rings. The third-order valence-electron chi connectivity index (χ3n) is 6.56. The molecule has 0 aliphatic carbocycles. The molecule has 0 radical (unpaired) electrons. The molecule has 2 rings (SSSR count). The third-order valence-corrected chi connectivity index (χ3v) is 7.44. The number of nitrogens with zero attached hydrogens (tertiary/aromatic N) is 2. The quantitative estimate of drug-likeness (QED) is 0.364. The van der Waals surface area contributed by atoms with Crippen LogP contribution in [0.4, 0.5) is 9.59 Å². The Bertz CT molecular complexity index is 765. The van der Waals surface area contributed by atoms with Crippen molar-refractivity contribution in [3.8, 4) is 0 Å². The first-order chi connectivity index (χ1) is 15.3. The molecule has 0 N–H and O–H groups in total. The lowest BCUT2D eigenvalue weighted by Gasteiger charge is -2.44. The van der Waals surface area contributed by atoms with E-state index in [9.17, 15) is 9.59 Å². The van der Waals surface area contributed by atoms with Gasteiger partial charge in [0, 0.05) is 19.0 Å². The highest BCUT2D eigenvalue weighted by atomic mass is 28.3. The summed E-state index contributed by atoms with van der Waals surface area (Å²) < 4.78 is 18.4. The van der Waals surface area contributed by atoms with Crippen molar-refractivity contribution in [1.82, 2.24) is 9.80 Å². The van der Waals surface area contributed by atoms with E-state index in [-0.39, 0.29) is 35.5 Å². The summed E-state index contributed by atoms with van der Waals surface area (Å²) in [6.07, 6.45) is 2.49. The summed E-state index contributed by atoms with van der Waals surface area (Å²) in [6, 6.07) is -0.177. The molecule has 0 bridgehead atoms. The van der Waals surface area contributed by atoms with Gasteiger partial charge in [-0.05, 0) is 78.8 Å². The minimum absolute atomic E-state index is 0.00873. The molecule has 2 saturated heterocycles. The molecule has 2 amide bonds. The zero-order chi connectivity index (χ0) is 26.3. The van der Waals surface area contributed by atoms with Crippen LogP contribution < -0.4 is 0 Å². The molecule has 2 heterocycles. The molecule has 0 saturated carbocycles. The summed E-state index contributed by atoms with van der Waals surface area (Å²) in [5, 5.41) is 0. The monoisotopic (exact) mass is 496 g/mol. The van der Waals surface area contributed by atoms with Crippen LogP contribution in [0.3, 0.4) is 0 Å². The number of carbonyl (C=O) groups excluding carboxylic acids is 2. The van der Waals surface area contributed by atoms with Crippen LogP contribution in [0, 0.1) is 17.3 Å². The second-order valence-corrected chi connectivity index (χ2v) is 15.6. The summed E-state index contributed by atoms with van der Waals surface area (Å²) in [6.45, 7) is 27.1. The normalized spacial score (nSPS) is 28.4. The van der Waals surface area contributed by atoms with E-state index in [1.54, 1.807) is 11.0 Å². The van der Waals surface area contributed by atoms with E-state index in [4.69, 9.17) is 13.9 Å². The molecule has 4 atom stereocenters. The molecule has 0 spiro atoms. The number of amides is 2. The standard InChI is InChI=1S/C26H48N2O5Si/c1-13-20-14-18(16-27(20)21(29)31-24(5,6)7)26(33-34(11)12)15-19(23(2,3)4)17-28(26)22(30)32-25(8,9)10/h13,18-20,34H,1,14-17H2,2-12H3/t18?,19-,20?,26-/m0/s1. The lowest BCUT2D eigenvalue weighted by atomic mass is 9.77. The van der Waals surface area contributed by atoms with Crippen LogP contribution >= 0.6 is 0 Å². The number of carbonyl (C=O) groups is 2. The molecule has 0 aromatic rings. The third kappa shape index (κ3) is 6.77. The molecule has 196 valence electrons. The van der Waals surface area contributed by atoms with Crippen LogP contribution in [-0.4, -0.2) is 67.1 Å². The first kappa shape index (κ1) is 28.7. The van der Waals surface area contributed by atoms with Gasteiger partial charge in [-0.3, -0.25) is 4.90 Å². The second-order valence-electron chi connectivity index (χ2n) is 13.2. The van der Waals surface area contributed by atoms with Gasteiger partial charge in [0.25, 0.3) is 0 Å². The number of likely N-dealkylation sites (tertiary alicyclic amines) is 2. The highest BCUT2D eigenvalue weighted by molar-refractivity contribution is 6.48. The summed E-state index contributed by atoms with van der Waals surface area (Å²) >= 11 is 0. The summed E-state index contributed by atoms with van der Waals surface area (Å²) in [5.74, 6) is 0.170. The Balaban J connectivity index is 2.50. The maximum absolute atomic E-state index is 13.6. The van der Waals surface area contributed by atoms with Crippen LogP contribution in [0.1, 0.15) is 75.2 Å². The Hall–Kier alpha value is -1.54. The van der Waals surface area contributed by atoms with Crippen LogP contribution in [-0.2, 0) is 13.9 Å². The fourth-order valence-electron chi connectivity index (χ4n) is 4.98. The molecule has 34 heavy (non-hydrogen) atoms. The first-order valence-electron chi connectivity index (χ1n) is 12.6. The van der Waals surface area contributed by atoms with Crippen LogP contribution in [0.5, 0.6) is 0 Å². The average Bonchev–Trinajstić information content (AvgIpc) is 3.20. The predicted molar refractivity (Wildman–Crippen MR) is 138 cm³/mol. The molecule has 2 fully saturated rings. The van der Waals surface area contributed by atoms with Gasteiger partial charge in [0.05, 0.1) is 6.04 Å². The fourth-order valence-corrected chi connectivity index (χ4v) is 6.21. The molecule has 0 aromatic heterocycles. The van der Waals surface area contributed by atoms with E-state index in [1.165, 1.54) is 0 Å². The van der Waals surface area contributed by atoms with Crippen molar-refractivity contribution < 1.29 is 23.5 Å². The predicted octanol–water partition coefficient (Wildman–Crippen LogP) is 5.80. The maximum Gasteiger partial charge on any atom is 0.412 e. The van der Waals surface area contributed by atoms with E-state index in [2.05, 4.69) is 40.4 Å². The van der Waals surface area contributed by atoms with Gasteiger partial charge in [-0.15, -0.1) is 6.58 Å². The highest BCUT2D eigenvalue weighted by Crippen LogP contribution is 2.50. The number of hydrogen-bond acceptors (Lipinski definition) is 5. The molecular weight excluding hydrogens is 448 g/mol. The van der Waals surface area contributed by atoms with Crippen molar-refractivity contribution in [3.05, 3.63) is 12.7 Å². The topological polar surface area (TPSA) is 68.3 Å². The number of ether oxygens (including phenoxy) is 2. The molecule has 2 aliphatic heterocycles. The molecule has 8 heteroatoms. The van der Waals surface area contributed by atoms with Gasteiger partial charge >= 0.3 is 12.2 Å². The minimum atomic E-state index is -1.58. The van der Waals surface area contributed by atoms with Gasteiger partial charge in [0.2, 0.25) is 0 Å². The van der Waals surface area contributed by atoms with E-state index in [0.717, 1.165) is 6.42 Å². The Morgan fingerprint density at radius 1 is 0.941 bits per heavy atom. The highest BCUT2D eigenvalue weighted by Gasteiger charge is 2.59. The molecule has 0 aromatic carbocycles. The lowest BCUT2D eigenvalue weighted by molar-refractivity contribution is -0.102. The van der Waals surface area contributed by atoms with Gasteiger partial charge < -0.3 is 18.8 Å². The van der Waals surface area contributed by atoms with Gasteiger partial charge in [-0.1, -0.05) is 26.8 Å². The maximum atomic E-state index is 13.6. The minimum Gasteiger partial charge on any atom is -0.444 e. The zero-order valence-electron chi connectivity index (χ0n) is 23.4. The smallest absolute Gasteiger partial charge is 0.412 e. The first-order valence-corrected chi connectivity index (χ1v) is 15.4. The van der Waals surface area contributed by atoms with Gasteiger partial charge in [-0.25, -0.2) is 9.59 Å². The van der Waals surface area contributed by atoms with Crippen molar-refractivity contribution in [3.63, 3.8) is 0 Å². The Morgan fingerprint density at radius 3 is 1.91 bits per heavy atom. The van der Waals surface area contributed by atoms with Crippen molar-refractivity contribution >= 4 is 21.2 Å². The molecule has 7 nitrogen and oxygen atoms in total. The Labute approximate surface area is 208 Å². The number of hydrogen-bond donors (Lipinski definition) is 0. The lowest BCUT2D eigenvalue weighted by Crippen LogP contribution is -2.57. The van der Waals surface area contributed by atoms with Crippen LogP contribution in [0.2, 0.25) is 13.1 Å². The van der Waals surface area contributed by atoms with E-state index in [1.807, 2.05) is 46.4 Å². The second kappa shape index (κ2) is 9.84. The van der Waals surface area contributed by atoms with Crippen molar-refractivity contribution in [1.29, 1.82) is 0 Å². The van der Waals surface area contributed by atoms with Crippen molar-refractivity contribution in [2.45, 2.75) is 111 Å². The van der Waals surface area contributed by atoms with Crippen LogP contribution in [0.25, 0.3) is 0 Å². The number of rotatable bonds is 4. The van der Waals surface area contributed by atoms with Gasteiger partial charge in [-0.2, -0.15) is 0 Å². The summed E-state index contributed by atoms with van der Waals surface area (Å²) in [7, 11) is -1.58. The van der Waals surface area contributed by atoms with E-state index < -0.39 is 26.0 Å². The van der Waals surface area contributed by atoms with E-state index >= 15 is 0 Å². The van der Waals surface area contributed by atoms with Gasteiger partial charge in [0.1, 0.15) is 16.9 Å². The summed E-state index contributed by atoms with van der Waals surface area (Å²) in [4.78, 5) is 30.2. The van der Waals surface area contributed by atoms with Crippen LogP contribution in [0.15, 0.2) is 12.7 Å². The average molecular weight is 497 g/mol. The van der Waals surface area contributed by atoms with Gasteiger partial charge in [0.15, 0.2) is 9.04 Å². The molecule has 2 unspecified atom stereocenters. The van der Waals surface area contributed by atoms with Crippen molar-refractivity contribution in [2.24, 2.45) is 17.3 Å².